The van der Waals surface area contributed by atoms with E-state index in [0.29, 0.717) is 37.6 Å². The summed E-state index contributed by atoms with van der Waals surface area (Å²) < 4.78 is 13.9. The van der Waals surface area contributed by atoms with E-state index in [1.165, 1.54) is 6.07 Å². The molecule has 1 saturated heterocycles. The Morgan fingerprint density at radius 2 is 1.88 bits per heavy atom. The predicted molar refractivity (Wildman–Crippen MR) is 90.6 cm³/mol. The molecule has 1 aliphatic rings. The third-order valence-corrected chi connectivity index (χ3v) is 4.38. The summed E-state index contributed by atoms with van der Waals surface area (Å²) in [5.41, 5.74) is 2.78. The number of anilines is 1. The van der Waals surface area contributed by atoms with Crippen LogP contribution in [-0.4, -0.2) is 47.0 Å². The largest absolute Gasteiger partial charge is 0.366 e. The van der Waals surface area contributed by atoms with Crippen molar-refractivity contribution < 1.29 is 9.18 Å². The summed E-state index contributed by atoms with van der Waals surface area (Å²) in [6.07, 6.45) is 1.71. The van der Waals surface area contributed by atoms with Crippen LogP contribution in [0.5, 0.6) is 0 Å². The lowest BCUT2D eigenvalue weighted by molar-refractivity contribution is 0.0741. The zero-order valence-corrected chi connectivity index (χ0v) is 13.1. The fourth-order valence-electron chi connectivity index (χ4n) is 3.10. The van der Waals surface area contributed by atoms with Crippen LogP contribution in [0.15, 0.2) is 48.7 Å². The topological polar surface area (TPSA) is 52.2 Å². The molecular formula is C18H17FN4O. The maximum Gasteiger partial charge on any atom is 0.270 e. The average molecular weight is 324 g/mol. The van der Waals surface area contributed by atoms with Crippen molar-refractivity contribution >= 4 is 22.6 Å². The van der Waals surface area contributed by atoms with Gasteiger partial charge in [-0.15, -0.1) is 0 Å². The number of hydrogen-bond donors (Lipinski definition) is 1. The molecule has 0 saturated carbocycles. The molecule has 6 heteroatoms. The second kappa shape index (κ2) is 5.96. The van der Waals surface area contributed by atoms with Gasteiger partial charge in [0.25, 0.3) is 5.91 Å². The van der Waals surface area contributed by atoms with Gasteiger partial charge in [-0.25, -0.2) is 4.39 Å². The Bertz CT molecular complexity index is 850. The van der Waals surface area contributed by atoms with Crippen molar-refractivity contribution in [3.05, 3.63) is 60.2 Å². The van der Waals surface area contributed by atoms with Crippen molar-refractivity contribution in [2.75, 3.05) is 31.1 Å². The number of para-hydroxylation sites is 1. The van der Waals surface area contributed by atoms with Crippen LogP contribution in [0.25, 0.3) is 11.0 Å². The van der Waals surface area contributed by atoms with Crippen molar-refractivity contribution in [3.8, 4) is 0 Å². The van der Waals surface area contributed by atoms with Gasteiger partial charge >= 0.3 is 0 Å². The van der Waals surface area contributed by atoms with Crippen LogP contribution in [0.4, 0.5) is 10.1 Å². The summed E-state index contributed by atoms with van der Waals surface area (Å²) in [6.45, 7) is 2.36. The Labute approximate surface area is 138 Å². The summed E-state index contributed by atoms with van der Waals surface area (Å²) >= 11 is 0. The number of rotatable bonds is 2. The number of carbonyl (C=O) groups is 1. The average Bonchev–Trinajstić information content (AvgIpc) is 3.06. The van der Waals surface area contributed by atoms with Gasteiger partial charge in [-0.1, -0.05) is 12.1 Å². The number of aromatic nitrogens is 2. The zero-order chi connectivity index (χ0) is 16.5. The maximum atomic E-state index is 13.9. The van der Waals surface area contributed by atoms with E-state index in [0.717, 1.165) is 11.0 Å². The van der Waals surface area contributed by atoms with Gasteiger partial charge in [0.1, 0.15) is 11.5 Å². The van der Waals surface area contributed by atoms with Crippen LogP contribution >= 0.6 is 0 Å². The highest BCUT2D eigenvalue weighted by molar-refractivity contribution is 5.97. The highest BCUT2D eigenvalue weighted by Crippen LogP contribution is 2.21. The summed E-state index contributed by atoms with van der Waals surface area (Å²) in [7, 11) is 0. The number of hydrogen-bond acceptors (Lipinski definition) is 3. The van der Waals surface area contributed by atoms with Crippen LogP contribution < -0.4 is 4.90 Å². The summed E-state index contributed by atoms with van der Waals surface area (Å²) in [5, 5.41) is 0. The number of benzene rings is 1. The molecule has 1 aliphatic heterocycles. The lowest BCUT2D eigenvalue weighted by Gasteiger charge is -2.36. The van der Waals surface area contributed by atoms with Crippen molar-refractivity contribution in [2.45, 2.75) is 0 Å². The molecular weight excluding hydrogens is 307 g/mol. The molecule has 0 spiro atoms. The van der Waals surface area contributed by atoms with E-state index in [9.17, 15) is 9.18 Å². The number of amides is 1. The molecule has 0 radical (unpaired) electrons. The van der Waals surface area contributed by atoms with Crippen molar-refractivity contribution in [3.63, 3.8) is 0 Å². The standard InChI is InChI=1S/C18H17FN4O/c19-13-4-1-2-6-17(13)22-8-10-23(11-9-22)18(24)16-12-15-14(21-16)5-3-7-20-15/h1-7,12,21H,8-11H2. The van der Waals surface area contributed by atoms with E-state index in [1.54, 1.807) is 29.3 Å². The van der Waals surface area contributed by atoms with E-state index in [-0.39, 0.29) is 11.7 Å². The van der Waals surface area contributed by atoms with Gasteiger partial charge in [0, 0.05) is 32.4 Å². The van der Waals surface area contributed by atoms with Crippen LogP contribution in [0.2, 0.25) is 0 Å². The monoisotopic (exact) mass is 324 g/mol. The van der Waals surface area contributed by atoms with Crippen LogP contribution in [0, 0.1) is 5.82 Å². The van der Waals surface area contributed by atoms with E-state index >= 15 is 0 Å². The first kappa shape index (κ1) is 14.7. The van der Waals surface area contributed by atoms with Gasteiger partial charge in [0.15, 0.2) is 0 Å². The SMILES string of the molecule is O=C(c1cc2ncccc2[nH]1)N1CCN(c2ccccc2F)CC1. The van der Waals surface area contributed by atoms with Crippen LogP contribution in [0.1, 0.15) is 10.5 Å². The fraction of sp³-hybridized carbons (Fsp3) is 0.222. The number of pyridine rings is 1. The molecule has 0 unspecified atom stereocenters. The molecule has 1 fully saturated rings. The second-order valence-corrected chi connectivity index (χ2v) is 5.85. The van der Waals surface area contributed by atoms with Gasteiger partial charge in [-0.2, -0.15) is 0 Å². The van der Waals surface area contributed by atoms with Crippen LogP contribution in [-0.2, 0) is 0 Å². The maximum absolute atomic E-state index is 13.9. The third kappa shape index (κ3) is 2.60. The molecule has 1 N–H and O–H groups in total. The lowest BCUT2D eigenvalue weighted by atomic mass is 10.2. The molecule has 5 nitrogen and oxygen atoms in total. The quantitative estimate of drug-likeness (QED) is 0.788. The summed E-state index contributed by atoms with van der Waals surface area (Å²) in [4.78, 5) is 23.8. The van der Waals surface area contributed by atoms with E-state index in [4.69, 9.17) is 0 Å². The van der Waals surface area contributed by atoms with Crippen LogP contribution in [0.3, 0.4) is 0 Å². The molecule has 4 rings (SSSR count). The number of nitrogens with one attached hydrogen (secondary N) is 1. The minimum atomic E-state index is -0.223. The molecule has 1 aromatic carbocycles. The molecule has 122 valence electrons. The van der Waals surface area contributed by atoms with Crippen molar-refractivity contribution in [2.24, 2.45) is 0 Å². The lowest BCUT2D eigenvalue weighted by Crippen LogP contribution is -2.49. The van der Waals surface area contributed by atoms with Gasteiger partial charge in [0.05, 0.1) is 16.7 Å². The van der Waals surface area contributed by atoms with Crippen molar-refractivity contribution in [1.82, 2.24) is 14.9 Å². The number of fused-ring (bicyclic) bond motifs is 1. The molecule has 0 aliphatic carbocycles. The number of piperazine rings is 1. The first-order valence-electron chi connectivity index (χ1n) is 7.95. The van der Waals surface area contributed by atoms with Crippen molar-refractivity contribution in [1.29, 1.82) is 0 Å². The van der Waals surface area contributed by atoms with E-state index < -0.39 is 0 Å². The molecule has 0 bridgehead atoms. The fourth-order valence-corrected chi connectivity index (χ4v) is 3.10. The number of aromatic amines is 1. The number of halogens is 1. The Kier molecular flexibility index (Phi) is 3.65. The Morgan fingerprint density at radius 3 is 2.62 bits per heavy atom. The minimum absolute atomic E-state index is 0.0406. The van der Waals surface area contributed by atoms with E-state index in [2.05, 4.69) is 9.97 Å². The molecule has 2 aromatic heterocycles. The molecule has 24 heavy (non-hydrogen) atoms. The summed E-state index contributed by atoms with van der Waals surface area (Å²) in [5.74, 6) is -0.264. The minimum Gasteiger partial charge on any atom is -0.366 e. The normalized spacial score (nSPS) is 15.0. The summed E-state index contributed by atoms with van der Waals surface area (Å²) in [6, 6.07) is 12.3. The number of nitrogens with zero attached hydrogens (tertiary/aromatic N) is 3. The highest BCUT2D eigenvalue weighted by Gasteiger charge is 2.24. The smallest absolute Gasteiger partial charge is 0.270 e. The first-order chi connectivity index (χ1) is 11.7. The zero-order valence-electron chi connectivity index (χ0n) is 13.1. The van der Waals surface area contributed by atoms with Gasteiger partial charge in [-0.05, 0) is 30.3 Å². The Balaban J connectivity index is 1.47. The number of H-pyrrole nitrogens is 1. The third-order valence-electron chi connectivity index (χ3n) is 4.38. The molecule has 0 atom stereocenters. The van der Waals surface area contributed by atoms with Gasteiger partial charge < -0.3 is 14.8 Å². The van der Waals surface area contributed by atoms with E-state index in [1.807, 2.05) is 23.1 Å². The molecule has 1 amide bonds. The predicted octanol–water partition coefficient (Wildman–Crippen LogP) is 2.66. The Hall–Kier alpha value is -2.89. The first-order valence-corrected chi connectivity index (χ1v) is 7.95. The van der Waals surface area contributed by atoms with Gasteiger partial charge in [0.2, 0.25) is 0 Å². The molecule has 3 aromatic rings. The number of carbonyl (C=O) groups excluding carboxylic acids is 1. The van der Waals surface area contributed by atoms with Gasteiger partial charge in [-0.3, -0.25) is 9.78 Å². The second-order valence-electron chi connectivity index (χ2n) is 5.85. The Morgan fingerprint density at radius 1 is 1.08 bits per heavy atom. The highest BCUT2D eigenvalue weighted by atomic mass is 19.1. The molecule has 3 heterocycles.